The van der Waals surface area contributed by atoms with E-state index in [1.807, 2.05) is 0 Å². The van der Waals surface area contributed by atoms with E-state index in [2.05, 4.69) is 4.98 Å². The maximum absolute atomic E-state index is 9.00. The Bertz CT molecular complexity index is 207. The molecule has 0 saturated carbocycles. The van der Waals surface area contributed by atoms with Crippen molar-refractivity contribution in [1.29, 1.82) is 0 Å². The van der Waals surface area contributed by atoms with Gasteiger partial charge < -0.3 is 5.11 Å². The van der Waals surface area contributed by atoms with Gasteiger partial charge >= 0.3 is 0 Å². The lowest BCUT2D eigenvalue weighted by Gasteiger charge is -2.13. The molecular formula is C6H7ClN2O. The van der Waals surface area contributed by atoms with Crippen LogP contribution < -0.4 is 5.73 Å². The summed E-state index contributed by atoms with van der Waals surface area (Å²) in [6.45, 7) is 0. The Hall–Kier alpha value is -0.640. The van der Waals surface area contributed by atoms with Gasteiger partial charge in [-0.25, -0.2) is 0 Å². The van der Waals surface area contributed by atoms with Gasteiger partial charge in [-0.1, -0.05) is 11.6 Å². The van der Waals surface area contributed by atoms with Gasteiger partial charge in [0, 0.05) is 18.0 Å². The standard InChI is InChI=1S/C6H7ClN2O/c7-6(8,10)5-1-3-9-4-2-5/h1-4,10H,8H2. The van der Waals surface area contributed by atoms with Crippen molar-refractivity contribution in [3.8, 4) is 0 Å². The lowest BCUT2D eigenvalue weighted by Crippen LogP contribution is -2.28. The maximum atomic E-state index is 9.00. The van der Waals surface area contributed by atoms with Gasteiger partial charge in [-0.2, -0.15) is 0 Å². The summed E-state index contributed by atoms with van der Waals surface area (Å²) in [6, 6.07) is 3.10. The van der Waals surface area contributed by atoms with Gasteiger partial charge in [-0.15, -0.1) is 0 Å². The molecule has 1 atom stereocenters. The largest absolute Gasteiger partial charge is 0.359 e. The molecule has 1 rings (SSSR count). The minimum atomic E-state index is -1.77. The van der Waals surface area contributed by atoms with Crippen molar-refractivity contribution in [1.82, 2.24) is 4.98 Å². The molecule has 3 nitrogen and oxygen atoms in total. The average molecular weight is 159 g/mol. The van der Waals surface area contributed by atoms with E-state index < -0.39 is 5.18 Å². The van der Waals surface area contributed by atoms with E-state index in [1.54, 1.807) is 12.1 Å². The number of halogens is 1. The smallest absolute Gasteiger partial charge is 0.218 e. The maximum Gasteiger partial charge on any atom is 0.218 e. The van der Waals surface area contributed by atoms with Gasteiger partial charge in [-0.05, 0) is 12.1 Å². The summed E-state index contributed by atoms with van der Waals surface area (Å²) in [5, 5.41) is 7.23. The summed E-state index contributed by atoms with van der Waals surface area (Å²) in [5.74, 6) is 0. The summed E-state index contributed by atoms with van der Waals surface area (Å²) in [7, 11) is 0. The summed E-state index contributed by atoms with van der Waals surface area (Å²) >= 11 is 5.36. The Morgan fingerprint density at radius 2 is 2.00 bits per heavy atom. The van der Waals surface area contributed by atoms with Gasteiger partial charge in [0.2, 0.25) is 5.18 Å². The SMILES string of the molecule is NC(O)(Cl)c1ccncc1. The van der Waals surface area contributed by atoms with Crippen LogP contribution in [0.15, 0.2) is 24.5 Å². The molecule has 54 valence electrons. The third kappa shape index (κ3) is 1.67. The van der Waals surface area contributed by atoms with Gasteiger partial charge in [0.1, 0.15) is 0 Å². The van der Waals surface area contributed by atoms with Crippen LogP contribution in [0.2, 0.25) is 0 Å². The fourth-order valence-corrected chi connectivity index (χ4v) is 0.712. The van der Waals surface area contributed by atoms with Crippen molar-refractivity contribution in [3.05, 3.63) is 30.1 Å². The minimum absolute atomic E-state index is 0.434. The number of nitrogens with two attached hydrogens (primary N) is 1. The number of nitrogens with zero attached hydrogens (tertiary/aromatic N) is 1. The molecule has 1 unspecified atom stereocenters. The number of hydrogen-bond donors (Lipinski definition) is 2. The Labute approximate surface area is 63.5 Å². The predicted molar refractivity (Wildman–Crippen MR) is 38.2 cm³/mol. The van der Waals surface area contributed by atoms with Crippen LogP contribution in [0.1, 0.15) is 5.56 Å². The molecule has 0 aliphatic rings. The summed E-state index contributed by atoms with van der Waals surface area (Å²) in [5.41, 5.74) is 5.58. The molecule has 3 N–H and O–H groups in total. The zero-order valence-corrected chi connectivity index (χ0v) is 5.92. The van der Waals surface area contributed by atoms with Crippen LogP contribution in [0.5, 0.6) is 0 Å². The molecular weight excluding hydrogens is 152 g/mol. The molecule has 0 bridgehead atoms. The second kappa shape index (κ2) is 2.54. The second-order valence-electron chi connectivity index (χ2n) is 1.91. The van der Waals surface area contributed by atoms with Crippen LogP contribution in [0.25, 0.3) is 0 Å². The Kier molecular flexibility index (Phi) is 1.89. The molecule has 1 aromatic heterocycles. The fourth-order valence-electron chi connectivity index (χ4n) is 0.586. The molecule has 4 heteroatoms. The molecule has 0 saturated heterocycles. The monoisotopic (exact) mass is 158 g/mol. The van der Waals surface area contributed by atoms with Gasteiger partial charge in [0.25, 0.3) is 0 Å². The third-order valence-corrected chi connectivity index (χ3v) is 1.30. The summed E-state index contributed by atoms with van der Waals surface area (Å²) in [6.07, 6.45) is 3.02. The number of aliphatic hydroxyl groups is 1. The first kappa shape index (κ1) is 7.47. The van der Waals surface area contributed by atoms with Crippen molar-refractivity contribution < 1.29 is 5.11 Å². The second-order valence-corrected chi connectivity index (χ2v) is 2.49. The summed E-state index contributed by atoms with van der Waals surface area (Å²) in [4.78, 5) is 3.73. The van der Waals surface area contributed by atoms with E-state index in [0.717, 1.165) is 0 Å². The van der Waals surface area contributed by atoms with E-state index in [-0.39, 0.29) is 0 Å². The number of hydrogen-bond acceptors (Lipinski definition) is 3. The number of rotatable bonds is 1. The van der Waals surface area contributed by atoms with Crippen LogP contribution in [-0.2, 0) is 5.18 Å². The topological polar surface area (TPSA) is 59.1 Å². The molecule has 0 aromatic carbocycles. The number of alkyl halides is 1. The molecule has 0 radical (unpaired) electrons. The number of pyridine rings is 1. The predicted octanol–water partition coefficient (Wildman–Crippen LogP) is 0.382. The van der Waals surface area contributed by atoms with Gasteiger partial charge in [0.15, 0.2) is 0 Å². The minimum Gasteiger partial charge on any atom is -0.359 e. The molecule has 0 aliphatic carbocycles. The van der Waals surface area contributed by atoms with Gasteiger partial charge in [-0.3, -0.25) is 10.7 Å². The van der Waals surface area contributed by atoms with Gasteiger partial charge in [0.05, 0.1) is 0 Å². The molecule has 0 amide bonds. The quantitative estimate of drug-likeness (QED) is 0.353. The Morgan fingerprint density at radius 1 is 1.50 bits per heavy atom. The Morgan fingerprint density at radius 3 is 2.30 bits per heavy atom. The van der Waals surface area contributed by atoms with Crippen molar-refractivity contribution in [2.45, 2.75) is 5.18 Å². The van der Waals surface area contributed by atoms with Crippen molar-refractivity contribution >= 4 is 11.6 Å². The average Bonchev–Trinajstić information content (AvgIpc) is 1.88. The zero-order valence-electron chi connectivity index (χ0n) is 5.16. The fraction of sp³-hybridized carbons (Fsp3) is 0.167. The molecule has 1 aromatic rings. The molecule has 0 spiro atoms. The van der Waals surface area contributed by atoms with Crippen molar-refractivity contribution in [3.63, 3.8) is 0 Å². The van der Waals surface area contributed by atoms with Crippen molar-refractivity contribution in [2.75, 3.05) is 0 Å². The van der Waals surface area contributed by atoms with Crippen molar-refractivity contribution in [2.24, 2.45) is 5.73 Å². The lowest BCUT2D eigenvalue weighted by atomic mass is 10.2. The Balaban J connectivity index is 2.97. The van der Waals surface area contributed by atoms with Crippen LogP contribution in [0, 0.1) is 0 Å². The highest BCUT2D eigenvalue weighted by atomic mass is 35.5. The molecule has 0 fully saturated rings. The van der Waals surface area contributed by atoms with Crippen LogP contribution >= 0.6 is 11.6 Å². The number of aromatic nitrogens is 1. The first-order valence-electron chi connectivity index (χ1n) is 2.71. The summed E-state index contributed by atoms with van der Waals surface area (Å²) < 4.78 is 0. The van der Waals surface area contributed by atoms with Crippen LogP contribution in [0.4, 0.5) is 0 Å². The molecule has 1 heterocycles. The first-order chi connectivity index (χ1) is 4.61. The van der Waals surface area contributed by atoms with E-state index in [0.29, 0.717) is 5.56 Å². The highest BCUT2D eigenvalue weighted by Crippen LogP contribution is 2.17. The normalized spacial score (nSPS) is 16.3. The van der Waals surface area contributed by atoms with Crippen LogP contribution in [0.3, 0.4) is 0 Å². The van der Waals surface area contributed by atoms with E-state index in [4.69, 9.17) is 22.4 Å². The first-order valence-corrected chi connectivity index (χ1v) is 3.09. The van der Waals surface area contributed by atoms with Crippen LogP contribution in [-0.4, -0.2) is 10.1 Å². The third-order valence-electron chi connectivity index (χ3n) is 1.09. The highest BCUT2D eigenvalue weighted by molar-refractivity contribution is 6.22. The molecule has 0 aliphatic heterocycles. The lowest BCUT2D eigenvalue weighted by molar-refractivity contribution is 0.136. The van der Waals surface area contributed by atoms with E-state index in [9.17, 15) is 0 Å². The zero-order chi connectivity index (χ0) is 7.61. The molecule has 10 heavy (non-hydrogen) atoms. The van der Waals surface area contributed by atoms with E-state index in [1.165, 1.54) is 12.4 Å². The van der Waals surface area contributed by atoms with E-state index >= 15 is 0 Å². The highest BCUT2D eigenvalue weighted by Gasteiger charge is 2.18.